The molecule has 0 amide bonds. The molecule has 0 aliphatic carbocycles. The van der Waals surface area contributed by atoms with Gasteiger partial charge in [0.1, 0.15) is 6.61 Å². The monoisotopic (exact) mass is 268 g/mol. The Morgan fingerprint density at radius 1 is 1.26 bits per heavy atom. The van der Waals surface area contributed by atoms with E-state index in [0.29, 0.717) is 18.9 Å². The lowest BCUT2D eigenvalue weighted by Crippen LogP contribution is -2.35. The maximum Gasteiger partial charge on any atom is 0.165 e. The molecule has 19 heavy (non-hydrogen) atoms. The van der Waals surface area contributed by atoms with Crippen molar-refractivity contribution >= 4 is 0 Å². The Morgan fingerprint density at radius 3 is 2.47 bits per heavy atom. The molecule has 0 unspecified atom stereocenters. The summed E-state index contributed by atoms with van der Waals surface area (Å²) in [5.74, 6) is 0.0216. The van der Waals surface area contributed by atoms with Crippen LogP contribution in [0.15, 0.2) is 18.2 Å². The van der Waals surface area contributed by atoms with Gasteiger partial charge in [-0.3, -0.25) is 0 Å². The summed E-state index contributed by atoms with van der Waals surface area (Å²) in [4.78, 5) is 2.00. The third-order valence-electron chi connectivity index (χ3n) is 2.62. The van der Waals surface area contributed by atoms with Crippen LogP contribution in [0.1, 0.15) is 26.3 Å². The van der Waals surface area contributed by atoms with Crippen molar-refractivity contribution in [3.63, 3.8) is 0 Å². The van der Waals surface area contributed by atoms with Gasteiger partial charge >= 0.3 is 0 Å². The van der Waals surface area contributed by atoms with Crippen molar-refractivity contribution in [2.45, 2.75) is 32.9 Å². The standard InChI is InChI=1S/C15H25FN2O/c1-15(2,3)17-11-12-6-7-14(13(16)10-12)19-9-8-18(4)5/h6-7,10,17H,8-9,11H2,1-5H3. The van der Waals surface area contributed by atoms with Crippen LogP contribution in [0.4, 0.5) is 4.39 Å². The van der Waals surface area contributed by atoms with Gasteiger partial charge in [0.2, 0.25) is 0 Å². The molecule has 1 aromatic rings. The highest BCUT2D eigenvalue weighted by molar-refractivity contribution is 5.29. The summed E-state index contributed by atoms with van der Waals surface area (Å²) in [7, 11) is 3.92. The lowest BCUT2D eigenvalue weighted by Gasteiger charge is -2.20. The molecule has 0 radical (unpaired) electrons. The topological polar surface area (TPSA) is 24.5 Å². The molecule has 0 saturated carbocycles. The van der Waals surface area contributed by atoms with Gasteiger partial charge in [-0.05, 0) is 52.6 Å². The Kier molecular flexibility index (Phi) is 5.76. The number of nitrogens with zero attached hydrogens (tertiary/aromatic N) is 1. The Morgan fingerprint density at radius 2 is 1.95 bits per heavy atom. The quantitative estimate of drug-likeness (QED) is 0.858. The molecule has 1 aromatic carbocycles. The third-order valence-corrected chi connectivity index (χ3v) is 2.62. The summed E-state index contributed by atoms with van der Waals surface area (Å²) in [5.41, 5.74) is 0.949. The zero-order valence-electron chi connectivity index (χ0n) is 12.6. The minimum Gasteiger partial charge on any atom is -0.489 e. The summed E-state index contributed by atoms with van der Waals surface area (Å²) < 4.78 is 19.2. The van der Waals surface area contributed by atoms with Crippen molar-refractivity contribution in [2.75, 3.05) is 27.2 Å². The molecule has 0 spiro atoms. The molecule has 0 fully saturated rings. The zero-order chi connectivity index (χ0) is 14.5. The number of rotatable bonds is 6. The van der Waals surface area contributed by atoms with E-state index in [9.17, 15) is 4.39 Å². The molecule has 1 N–H and O–H groups in total. The van der Waals surface area contributed by atoms with E-state index in [1.807, 2.05) is 25.1 Å². The molecule has 0 aliphatic rings. The van der Waals surface area contributed by atoms with E-state index in [1.54, 1.807) is 6.07 Å². The Bertz CT molecular complexity index is 400. The van der Waals surface area contributed by atoms with Gasteiger partial charge in [0.05, 0.1) is 0 Å². The van der Waals surface area contributed by atoms with Crippen molar-refractivity contribution in [2.24, 2.45) is 0 Å². The fourth-order valence-electron chi connectivity index (χ4n) is 1.48. The number of hydrogen-bond donors (Lipinski definition) is 1. The average molecular weight is 268 g/mol. The van der Waals surface area contributed by atoms with Gasteiger partial charge in [0, 0.05) is 18.6 Å². The zero-order valence-corrected chi connectivity index (χ0v) is 12.6. The smallest absolute Gasteiger partial charge is 0.165 e. The normalized spacial score (nSPS) is 11.9. The van der Waals surface area contributed by atoms with Crippen molar-refractivity contribution in [1.82, 2.24) is 10.2 Å². The van der Waals surface area contributed by atoms with Crippen molar-refractivity contribution in [3.05, 3.63) is 29.6 Å². The number of halogens is 1. The lowest BCUT2D eigenvalue weighted by molar-refractivity contribution is 0.252. The highest BCUT2D eigenvalue weighted by Crippen LogP contribution is 2.18. The van der Waals surface area contributed by atoms with Crippen LogP contribution in [0.3, 0.4) is 0 Å². The van der Waals surface area contributed by atoms with E-state index >= 15 is 0 Å². The van der Waals surface area contributed by atoms with Crippen LogP contribution in [0.2, 0.25) is 0 Å². The first-order chi connectivity index (χ1) is 8.78. The molecular formula is C15H25FN2O. The largest absolute Gasteiger partial charge is 0.489 e. The maximum absolute atomic E-state index is 13.8. The Balaban J connectivity index is 2.54. The van der Waals surface area contributed by atoms with Crippen molar-refractivity contribution in [3.8, 4) is 5.75 Å². The van der Waals surface area contributed by atoms with Gasteiger partial charge in [-0.15, -0.1) is 0 Å². The molecule has 3 nitrogen and oxygen atoms in total. The van der Waals surface area contributed by atoms with Crippen molar-refractivity contribution < 1.29 is 9.13 Å². The van der Waals surface area contributed by atoms with E-state index in [2.05, 4.69) is 26.1 Å². The van der Waals surface area contributed by atoms with E-state index in [-0.39, 0.29) is 11.4 Å². The number of nitrogens with one attached hydrogen (secondary N) is 1. The van der Waals surface area contributed by atoms with Crippen LogP contribution in [0, 0.1) is 5.82 Å². The predicted octanol–water partition coefficient (Wildman–Crippen LogP) is 2.65. The van der Waals surface area contributed by atoms with E-state index in [0.717, 1.165) is 12.1 Å². The van der Waals surface area contributed by atoms with Crippen LogP contribution in [-0.4, -0.2) is 37.7 Å². The fourth-order valence-corrected chi connectivity index (χ4v) is 1.48. The van der Waals surface area contributed by atoms with Crippen LogP contribution < -0.4 is 10.1 Å². The molecule has 0 heterocycles. The van der Waals surface area contributed by atoms with Gasteiger partial charge in [0.15, 0.2) is 11.6 Å². The van der Waals surface area contributed by atoms with Gasteiger partial charge in [-0.1, -0.05) is 6.07 Å². The fraction of sp³-hybridized carbons (Fsp3) is 0.600. The molecule has 1 rings (SSSR count). The summed E-state index contributed by atoms with van der Waals surface area (Å²) in [5, 5.41) is 3.33. The summed E-state index contributed by atoms with van der Waals surface area (Å²) >= 11 is 0. The molecule has 108 valence electrons. The van der Waals surface area contributed by atoms with E-state index in [4.69, 9.17) is 4.74 Å². The first-order valence-corrected chi connectivity index (χ1v) is 6.59. The van der Waals surface area contributed by atoms with Gasteiger partial charge in [-0.25, -0.2) is 4.39 Å². The number of hydrogen-bond acceptors (Lipinski definition) is 3. The highest BCUT2D eigenvalue weighted by Gasteiger charge is 2.10. The third kappa shape index (κ3) is 6.55. The van der Waals surface area contributed by atoms with E-state index < -0.39 is 0 Å². The van der Waals surface area contributed by atoms with Gasteiger partial charge < -0.3 is 15.0 Å². The van der Waals surface area contributed by atoms with Crippen LogP contribution in [-0.2, 0) is 6.54 Å². The SMILES string of the molecule is CN(C)CCOc1ccc(CNC(C)(C)C)cc1F. The van der Waals surface area contributed by atoms with Crippen LogP contribution >= 0.6 is 0 Å². The molecule has 0 atom stereocenters. The molecule has 0 aliphatic heterocycles. The van der Waals surface area contributed by atoms with Gasteiger partial charge in [0.25, 0.3) is 0 Å². The predicted molar refractivity (Wildman–Crippen MR) is 77.0 cm³/mol. The van der Waals surface area contributed by atoms with E-state index in [1.165, 1.54) is 6.07 Å². The molecular weight excluding hydrogens is 243 g/mol. The second-order valence-electron chi connectivity index (χ2n) is 6.02. The van der Waals surface area contributed by atoms with Crippen LogP contribution in [0.5, 0.6) is 5.75 Å². The molecule has 0 bridgehead atoms. The highest BCUT2D eigenvalue weighted by atomic mass is 19.1. The summed E-state index contributed by atoms with van der Waals surface area (Å²) in [6, 6.07) is 5.13. The summed E-state index contributed by atoms with van der Waals surface area (Å²) in [6.45, 7) is 8.17. The Hall–Kier alpha value is -1.13. The van der Waals surface area contributed by atoms with Crippen LogP contribution in [0.25, 0.3) is 0 Å². The first-order valence-electron chi connectivity index (χ1n) is 6.59. The number of ether oxygens (including phenoxy) is 1. The molecule has 0 aromatic heterocycles. The second-order valence-corrected chi connectivity index (χ2v) is 6.02. The molecule has 0 saturated heterocycles. The summed E-state index contributed by atoms with van der Waals surface area (Å²) in [6.07, 6.45) is 0. The van der Waals surface area contributed by atoms with Gasteiger partial charge in [-0.2, -0.15) is 0 Å². The number of likely N-dealkylation sites (N-methyl/N-ethyl adjacent to an activating group) is 1. The Labute approximate surface area is 115 Å². The average Bonchev–Trinajstić information content (AvgIpc) is 2.27. The molecule has 4 heteroatoms. The number of benzene rings is 1. The second kappa shape index (κ2) is 6.87. The minimum atomic E-state index is -0.299. The van der Waals surface area contributed by atoms with Crippen molar-refractivity contribution in [1.29, 1.82) is 0 Å². The minimum absolute atomic E-state index is 0.0252. The lowest BCUT2D eigenvalue weighted by atomic mass is 10.1. The first kappa shape index (κ1) is 15.9. The maximum atomic E-state index is 13.8.